The number of esters is 1. The van der Waals surface area contributed by atoms with Crippen molar-refractivity contribution in [3.05, 3.63) is 54.5 Å². The third-order valence-corrected chi connectivity index (χ3v) is 9.25. The summed E-state index contributed by atoms with van der Waals surface area (Å²) in [5.41, 5.74) is 5.12. The number of hydrogen-bond donors (Lipinski definition) is 4. The second kappa shape index (κ2) is 13.1. The number of ether oxygens (including phenoxy) is 2. The maximum absolute atomic E-state index is 14.0. The van der Waals surface area contributed by atoms with Gasteiger partial charge in [0.05, 0.1) is 12.3 Å². The lowest BCUT2D eigenvalue weighted by Crippen LogP contribution is -2.43. The van der Waals surface area contributed by atoms with Crippen LogP contribution in [-0.2, 0) is 29.0 Å². The number of hydrogen-bond acceptors (Lipinski definition) is 12. The fraction of sp³-hybridized carbons (Fsp3) is 0.500. The molecule has 5 N–H and O–H groups in total. The van der Waals surface area contributed by atoms with Gasteiger partial charge in [-0.15, -0.1) is 0 Å². The first kappa shape index (κ1) is 31.0. The number of aromatic nitrogens is 3. The lowest BCUT2D eigenvalue weighted by molar-refractivity contribution is -0.152. The number of aliphatic imine (C=N–C) groups is 1. The second-order valence-electron chi connectivity index (χ2n) is 10.7. The molecule has 232 valence electrons. The molecule has 1 saturated heterocycles. The number of nitrogens with zero attached hydrogens (tertiary/aromatic N) is 4. The molecule has 1 aliphatic carbocycles. The number of nitrogens with two attached hydrogens (primary N) is 1. The van der Waals surface area contributed by atoms with Crippen molar-refractivity contribution in [2.24, 2.45) is 4.99 Å². The number of anilines is 1. The quantitative estimate of drug-likeness (QED) is 0.140. The minimum Gasteiger partial charge on any atom is -0.461 e. The lowest BCUT2D eigenvalue weighted by atomic mass is 9.92. The monoisotopic (exact) mass is 616 g/mol. The summed E-state index contributed by atoms with van der Waals surface area (Å²) in [5.74, 6) is -0.151. The first-order chi connectivity index (χ1) is 20.7. The van der Waals surface area contributed by atoms with E-state index in [0.717, 1.165) is 32.1 Å². The van der Waals surface area contributed by atoms with E-state index in [2.05, 4.69) is 20.2 Å². The van der Waals surface area contributed by atoms with E-state index in [-0.39, 0.29) is 17.7 Å². The van der Waals surface area contributed by atoms with Gasteiger partial charge in [0.15, 0.2) is 11.4 Å². The fourth-order valence-electron chi connectivity index (χ4n) is 5.43. The maximum Gasteiger partial charge on any atom is 0.459 e. The molecular formula is C28H37N6O8P. The van der Waals surface area contributed by atoms with Crippen molar-refractivity contribution in [2.45, 2.75) is 75.1 Å². The zero-order chi connectivity index (χ0) is 30.6. The standard InChI is InChI=1S/C28H37N6O8P/c1-18(27(37)40-19-9-5-3-6-10-19)33-43(38,42-20-11-7-4-8-12-20)39-15-22-24(35)25(36)28(41-22,16-30-2)23-14-13-21-26(29)31-17-32-34(21)23/h4,7-8,11-14,16-19,22,24-25,35-36H,3,5-6,9-10,15H2,1-2H3,(H,33,38)(H2,29,31,32)/t18-,22+,24+,25+,28-,43?/m0/s1. The average molecular weight is 617 g/mol. The molecule has 2 fully saturated rings. The van der Waals surface area contributed by atoms with Crippen LogP contribution in [0.2, 0.25) is 0 Å². The Morgan fingerprint density at radius 3 is 2.72 bits per heavy atom. The molecule has 15 heteroatoms. The summed E-state index contributed by atoms with van der Waals surface area (Å²) in [4.78, 5) is 20.9. The average Bonchev–Trinajstić information content (AvgIpc) is 3.54. The third-order valence-electron chi connectivity index (χ3n) is 7.61. The summed E-state index contributed by atoms with van der Waals surface area (Å²) in [6, 6.07) is 10.6. The molecule has 5 rings (SSSR count). The van der Waals surface area contributed by atoms with Crippen molar-refractivity contribution in [1.29, 1.82) is 0 Å². The molecule has 0 spiro atoms. The van der Waals surface area contributed by atoms with E-state index in [4.69, 9.17) is 24.3 Å². The molecule has 1 aliphatic heterocycles. The summed E-state index contributed by atoms with van der Waals surface area (Å²) in [6.07, 6.45) is 2.83. The van der Waals surface area contributed by atoms with Gasteiger partial charge in [0, 0.05) is 13.3 Å². The molecule has 14 nitrogen and oxygen atoms in total. The molecule has 0 amide bonds. The molecule has 0 radical (unpaired) electrons. The van der Waals surface area contributed by atoms with Crippen LogP contribution >= 0.6 is 7.75 Å². The Bertz CT molecular complexity index is 1480. The van der Waals surface area contributed by atoms with E-state index in [1.54, 1.807) is 42.5 Å². The van der Waals surface area contributed by atoms with E-state index in [0.29, 0.717) is 11.2 Å². The summed E-state index contributed by atoms with van der Waals surface area (Å²) < 4.78 is 38.8. The summed E-state index contributed by atoms with van der Waals surface area (Å²) in [7, 11) is -2.77. The molecule has 1 saturated carbocycles. The number of benzene rings is 1. The largest absolute Gasteiger partial charge is 0.461 e. The summed E-state index contributed by atoms with van der Waals surface area (Å²) in [6.45, 7) is 1.02. The van der Waals surface area contributed by atoms with E-state index in [1.807, 2.05) is 0 Å². The number of nitrogens with one attached hydrogen (secondary N) is 1. The summed E-state index contributed by atoms with van der Waals surface area (Å²) >= 11 is 0. The van der Waals surface area contributed by atoms with E-state index in [1.165, 1.54) is 31.0 Å². The Kier molecular flexibility index (Phi) is 9.45. The molecule has 1 aromatic carbocycles. The van der Waals surface area contributed by atoms with Crippen LogP contribution in [0.25, 0.3) is 5.52 Å². The van der Waals surface area contributed by atoms with Crippen LogP contribution in [0.3, 0.4) is 0 Å². The molecular weight excluding hydrogens is 579 g/mol. The van der Waals surface area contributed by atoms with Gasteiger partial charge in [0.25, 0.3) is 0 Å². The van der Waals surface area contributed by atoms with E-state index >= 15 is 0 Å². The number of carbonyl (C=O) groups excluding carboxylic acids is 1. The molecule has 6 atom stereocenters. The number of fused-ring (bicyclic) bond motifs is 1. The minimum atomic E-state index is -4.27. The van der Waals surface area contributed by atoms with Gasteiger partial charge in [-0.1, -0.05) is 24.6 Å². The van der Waals surface area contributed by atoms with E-state index in [9.17, 15) is 19.6 Å². The van der Waals surface area contributed by atoms with E-state index < -0.39 is 50.3 Å². The van der Waals surface area contributed by atoms with Crippen LogP contribution in [-0.4, -0.2) is 81.1 Å². The van der Waals surface area contributed by atoms with Gasteiger partial charge < -0.3 is 29.9 Å². The van der Waals surface area contributed by atoms with Gasteiger partial charge in [-0.25, -0.2) is 14.1 Å². The number of carbonyl (C=O) groups is 1. The lowest BCUT2D eigenvalue weighted by Gasteiger charge is -2.28. The number of rotatable bonds is 11. The Morgan fingerprint density at radius 2 is 2.00 bits per heavy atom. The number of nitrogen functional groups attached to an aromatic ring is 1. The zero-order valence-electron chi connectivity index (χ0n) is 24.0. The number of aliphatic hydroxyl groups is 2. The van der Waals surface area contributed by atoms with Crippen molar-refractivity contribution in [2.75, 3.05) is 19.4 Å². The van der Waals surface area contributed by atoms with Crippen molar-refractivity contribution in [1.82, 2.24) is 19.7 Å². The van der Waals surface area contributed by atoms with Gasteiger partial charge in [0.1, 0.15) is 48.1 Å². The molecule has 2 aromatic heterocycles. The molecule has 43 heavy (non-hydrogen) atoms. The van der Waals surface area contributed by atoms with Gasteiger partial charge in [-0.3, -0.25) is 14.3 Å². The Hall–Kier alpha value is -3.39. The maximum atomic E-state index is 14.0. The molecule has 3 heterocycles. The van der Waals surface area contributed by atoms with Crippen LogP contribution < -0.4 is 15.3 Å². The highest BCUT2D eigenvalue weighted by Crippen LogP contribution is 2.47. The molecule has 3 aromatic rings. The highest BCUT2D eigenvalue weighted by Gasteiger charge is 2.56. The van der Waals surface area contributed by atoms with Crippen LogP contribution in [0.5, 0.6) is 5.75 Å². The topological polar surface area (TPSA) is 192 Å². The first-order valence-electron chi connectivity index (χ1n) is 14.2. The van der Waals surface area contributed by atoms with Crippen molar-refractivity contribution >= 4 is 31.3 Å². The smallest absolute Gasteiger partial charge is 0.459 e. The van der Waals surface area contributed by atoms with Gasteiger partial charge >= 0.3 is 13.7 Å². The summed E-state index contributed by atoms with van der Waals surface area (Å²) in [5, 5.41) is 29.2. The predicted octanol–water partition coefficient (Wildman–Crippen LogP) is 2.39. The zero-order valence-corrected chi connectivity index (χ0v) is 24.9. The van der Waals surface area contributed by atoms with Crippen LogP contribution in [0.4, 0.5) is 5.82 Å². The van der Waals surface area contributed by atoms with Crippen LogP contribution in [0, 0.1) is 0 Å². The Balaban J connectivity index is 1.36. The van der Waals surface area contributed by atoms with Crippen LogP contribution in [0.1, 0.15) is 44.7 Å². The van der Waals surface area contributed by atoms with Crippen LogP contribution in [0.15, 0.2) is 53.8 Å². The predicted molar refractivity (Wildman–Crippen MR) is 157 cm³/mol. The number of aliphatic hydroxyl groups excluding tert-OH is 2. The van der Waals surface area contributed by atoms with Gasteiger partial charge in [-0.2, -0.15) is 10.2 Å². The van der Waals surface area contributed by atoms with Crippen molar-refractivity contribution in [3.63, 3.8) is 0 Å². The second-order valence-corrected chi connectivity index (χ2v) is 12.4. The molecule has 2 aliphatic rings. The van der Waals surface area contributed by atoms with Gasteiger partial charge in [0.2, 0.25) is 0 Å². The highest BCUT2D eigenvalue weighted by molar-refractivity contribution is 7.52. The van der Waals surface area contributed by atoms with Gasteiger partial charge in [-0.05, 0) is 56.9 Å². The minimum absolute atomic E-state index is 0.191. The van der Waals surface area contributed by atoms with Crippen molar-refractivity contribution < 1.29 is 38.1 Å². The third kappa shape index (κ3) is 6.59. The highest BCUT2D eigenvalue weighted by atomic mass is 31.2. The normalized spacial score (nSPS) is 26.8. The fourth-order valence-corrected chi connectivity index (χ4v) is 6.93. The Morgan fingerprint density at radius 1 is 1.26 bits per heavy atom. The Labute approximate surface area is 248 Å². The SMILES string of the molecule is CN=C[C@@]1(c2ccc3c(N)ncnn23)O[C@H](COP(=O)(N[C@@H](C)C(=O)OC2CCCCC2)Oc2ccccc2)[C@@H](O)[C@H]1O. The number of para-hydroxylation sites is 1. The molecule has 1 unspecified atom stereocenters. The van der Waals surface area contributed by atoms with Crippen molar-refractivity contribution in [3.8, 4) is 5.75 Å². The molecule has 0 bridgehead atoms. The first-order valence-corrected chi connectivity index (χ1v) is 15.7.